The molecule has 41 heavy (non-hydrogen) atoms. The lowest BCUT2D eigenvalue weighted by Gasteiger charge is -2.42. The van der Waals surface area contributed by atoms with Gasteiger partial charge in [0.2, 0.25) is 11.8 Å². The van der Waals surface area contributed by atoms with Crippen LogP contribution in [0, 0.1) is 28.8 Å². The fourth-order valence-electron chi connectivity index (χ4n) is 5.71. The molecule has 4 N–H and O–H groups in total. The van der Waals surface area contributed by atoms with E-state index in [-0.39, 0.29) is 37.4 Å². The smallest absolute Gasteiger partial charge is 0.249 e. The lowest BCUT2D eigenvalue weighted by Crippen LogP contribution is -2.51. The van der Waals surface area contributed by atoms with Crippen LogP contribution in [0.3, 0.4) is 0 Å². The number of benzene rings is 2. The van der Waals surface area contributed by atoms with E-state index in [1.165, 1.54) is 12.1 Å². The minimum atomic E-state index is -1.52. The molecule has 1 aliphatic carbocycles. The van der Waals surface area contributed by atoms with Crippen molar-refractivity contribution in [2.24, 2.45) is 17.1 Å². The fraction of sp³-hybridized carbons (Fsp3) is 0.438. The lowest BCUT2D eigenvalue weighted by atomic mass is 9.63. The number of aliphatic hydroxyl groups excluding tert-OH is 1. The van der Waals surface area contributed by atoms with Crippen LogP contribution >= 0.6 is 0 Å². The van der Waals surface area contributed by atoms with Gasteiger partial charge in [-0.2, -0.15) is 0 Å². The Labute approximate surface area is 240 Å². The standard InChI is InChI=1S/C32H40F3N3O3/c1-4-9-38(10-5-2)30(40)24-11-21(3)17-32(18-24,31(36)41)28(15-23-13-26(34)16-27(35)14-23)29(39)20-37-19-22-7-6-8-25(33)12-22/h6-8,11-14,16-17,28-29,37,39H,4-5,9-10,15,18-20H2,1-3H3,(H2,36,41)/t28-,29+,32?/m1/s1. The number of carbonyl (C=O) groups excluding carboxylic acids is 2. The van der Waals surface area contributed by atoms with E-state index in [2.05, 4.69) is 5.32 Å². The highest BCUT2D eigenvalue weighted by Crippen LogP contribution is 2.44. The van der Waals surface area contributed by atoms with Crippen molar-refractivity contribution in [2.45, 2.75) is 59.1 Å². The Morgan fingerprint density at radius 1 is 1.02 bits per heavy atom. The number of allylic oxidation sites excluding steroid dienone is 2. The highest BCUT2D eigenvalue weighted by Gasteiger charge is 2.48. The Kier molecular flexibility index (Phi) is 11.3. The SMILES string of the molecule is CCCN(CCC)C(=O)C1=CC(C)=CC(C(N)=O)([C@H](Cc2cc(F)cc(F)c2)[C@@H](O)CNCc2cccc(F)c2)C1. The van der Waals surface area contributed by atoms with Crippen LogP contribution in [0.2, 0.25) is 0 Å². The first-order valence-corrected chi connectivity index (χ1v) is 14.1. The summed E-state index contributed by atoms with van der Waals surface area (Å²) in [5.74, 6) is -3.87. The van der Waals surface area contributed by atoms with E-state index >= 15 is 0 Å². The quantitative estimate of drug-likeness (QED) is 0.303. The molecule has 1 aliphatic rings. The van der Waals surface area contributed by atoms with Gasteiger partial charge >= 0.3 is 0 Å². The van der Waals surface area contributed by atoms with Gasteiger partial charge in [0.25, 0.3) is 0 Å². The van der Waals surface area contributed by atoms with Crippen LogP contribution in [0.1, 0.15) is 51.2 Å². The van der Waals surface area contributed by atoms with Crippen molar-refractivity contribution in [2.75, 3.05) is 19.6 Å². The van der Waals surface area contributed by atoms with Crippen LogP contribution in [0.5, 0.6) is 0 Å². The summed E-state index contributed by atoms with van der Waals surface area (Å²) in [5.41, 5.74) is 6.45. The number of hydrogen-bond donors (Lipinski definition) is 3. The zero-order valence-electron chi connectivity index (χ0n) is 23.9. The summed E-state index contributed by atoms with van der Waals surface area (Å²) in [6.07, 6.45) is 3.55. The van der Waals surface area contributed by atoms with Crippen LogP contribution in [0.25, 0.3) is 0 Å². The molecule has 3 atom stereocenters. The second-order valence-corrected chi connectivity index (χ2v) is 10.8. The summed E-state index contributed by atoms with van der Waals surface area (Å²) in [6, 6.07) is 9.06. The Bertz CT molecular complexity index is 1270. The van der Waals surface area contributed by atoms with Gasteiger partial charge in [0.1, 0.15) is 17.5 Å². The number of nitrogens with two attached hydrogens (primary N) is 1. The molecule has 0 fully saturated rings. The Morgan fingerprint density at radius 3 is 2.24 bits per heavy atom. The maximum Gasteiger partial charge on any atom is 0.249 e. The number of nitrogens with one attached hydrogen (secondary N) is 1. The molecular weight excluding hydrogens is 531 g/mol. The minimum absolute atomic E-state index is 0.0221. The molecular formula is C32H40F3N3O3. The summed E-state index contributed by atoms with van der Waals surface area (Å²) in [4.78, 5) is 28.7. The van der Waals surface area contributed by atoms with E-state index in [1.54, 1.807) is 36.1 Å². The molecule has 6 nitrogen and oxygen atoms in total. The molecule has 2 aromatic carbocycles. The Morgan fingerprint density at radius 2 is 1.66 bits per heavy atom. The fourth-order valence-corrected chi connectivity index (χ4v) is 5.71. The van der Waals surface area contributed by atoms with Crippen molar-refractivity contribution in [3.63, 3.8) is 0 Å². The highest BCUT2D eigenvalue weighted by molar-refractivity contribution is 5.96. The monoisotopic (exact) mass is 571 g/mol. The van der Waals surface area contributed by atoms with Gasteiger partial charge in [-0.3, -0.25) is 9.59 Å². The van der Waals surface area contributed by atoms with Crippen molar-refractivity contribution in [1.29, 1.82) is 0 Å². The maximum atomic E-state index is 14.2. The van der Waals surface area contributed by atoms with Crippen LogP contribution in [-0.4, -0.2) is 47.6 Å². The number of amides is 2. The van der Waals surface area contributed by atoms with E-state index in [0.29, 0.717) is 29.8 Å². The molecule has 0 spiro atoms. The Balaban J connectivity index is 1.98. The minimum Gasteiger partial charge on any atom is -0.391 e. The molecule has 0 aliphatic heterocycles. The van der Waals surface area contributed by atoms with E-state index in [0.717, 1.165) is 31.0 Å². The van der Waals surface area contributed by atoms with E-state index in [4.69, 9.17) is 5.73 Å². The number of halogens is 3. The second-order valence-electron chi connectivity index (χ2n) is 10.8. The summed E-state index contributed by atoms with van der Waals surface area (Å²) in [6.45, 7) is 7.02. The van der Waals surface area contributed by atoms with Gasteiger partial charge in [0.05, 0.1) is 11.5 Å². The van der Waals surface area contributed by atoms with Crippen molar-refractivity contribution in [3.05, 3.63) is 94.3 Å². The van der Waals surface area contributed by atoms with Gasteiger partial charge in [0, 0.05) is 43.7 Å². The summed E-state index contributed by atoms with van der Waals surface area (Å²) in [7, 11) is 0. The van der Waals surface area contributed by atoms with Gasteiger partial charge in [0.15, 0.2) is 0 Å². The average Bonchev–Trinajstić information content (AvgIpc) is 2.90. The van der Waals surface area contributed by atoms with Gasteiger partial charge in [-0.25, -0.2) is 13.2 Å². The van der Waals surface area contributed by atoms with Crippen LogP contribution in [0.4, 0.5) is 13.2 Å². The second kappa shape index (κ2) is 14.5. The summed E-state index contributed by atoms with van der Waals surface area (Å²) in [5, 5.41) is 14.6. The van der Waals surface area contributed by atoms with Crippen molar-refractivity contribution in [1.82, 2.24) is 10.2 Å². The van der Waals surface area contributed by atoms with Crippen LogP contribution < -0.4 is 11.1 Å². The van der Waals surface area contributed by atoms with Crippen molar-refractivity contribution < 1.29 is 27.9 Å². The van der Waals surface area contributed by atoms with E-state index in [1.807, 2.05) is 13.8 Å². The molecule has 1 unspecified atom stereocenters. The molecule has 9 heteroatoms. The molecule has 3 rings (SSSR count). The van der Waals surface area contributed by atoms with Gasteiger partial charge in [-0.05, 0) is 68.0 Å². The largest absolute Gasteiger partial charge is 0.391 e. The van der Waals surface area contributed by atoms with Gasteiger partial charge in [-0.1, -0.05) is 43.7 Å². The van der Waals surface area contributed by atoms with Crippen LogP contribution in [-0.2, 0) is 22.6 Å². The van der Waals surface area contributed by atoms with Crippen molar-refractivity contribution in [3.8, 4) is 0 Å². The first-order valence-electron chi connectivity index (χ1n) is 14.1. The number of hydrogen-bond acceptors (Lipinski definition) is 4. The first-order chi connectivity index (χ1) is 19.5. The molecule has 222 valence electrons. The lowest BCUT2D eigenvalue weighted by molar-refractivity contribution is -0.132. The van der Waals surface area contributed by atoms with Gasteiger partial charge < -0.3 is 21.1 Å². The normalized spacial score (nSPS) is 18.3. The molecule has 2 aromatic rings. The molecule has 0 saturated carbocycles. The molecule has 0 saturated heterocycles. The molecule has 0 radical (unpaired) electrons. The number of carbonyl (C=O) groups is 2. The molecule has 0 heterocycles. The topological polar surface area (TPSA) is 95.7 Å². The predicted molar refractivity (Wildman–Crippen MR) is 153 cm³/mol. The van der Waals surface area contributed by atoms with E-state index < -0.39 is 40.8 Å². The first kappa shape index (κ1) is 32.1. The zero-order valence-corrected chi connectivity index (χ0v) is 23.9. The third kappa shape index (κ3) is 8.30. The summed E-state index contributed by atoms with van der Waals surface area (Å²) >= 11 is 0. The number of primary amides is 1. The third-order valence-corrected chi connectivity index (χ3v) is 7.45. The predicted octanol–water partition coefficient (Wildman–Crippen LogP) is 4.81. The number of rotatable bonds is 14. The highest BCUT2D eigenvalue weighted by atomic mass is 19.1. The average molecular weight is 572 g/mol. The maximum absolute atomic E-state index is 14.2. The van der Waals surface area contributed by atoms with Crippen LogP contribution in [0.15, 0.2) is 65.8 Å². The number of aliphatic hydroxyl groups is 1. The number of nitrogens with zero attached hydrogens (tertiary/aromatic N) is 1. The Hall–Kier alpha value is -3.43. The van der Waals surface area contributed by atoms with Gasteiger partial charge in [-0.15, -0.1) is 0 Å². The zero-order chi connectivity index (χ0) is 30.2. The molecule has 0 aromatic heterocycles. The van der Waals surface area contributed by atoms with Crippen molar-refractivity contribution >= 4 is 11.8 Å². The summed E-state index contributed by atoms with van der Waals surface area (Å²) < 4.78 is 41.9. The molecule has 2 amide bonds. The molecule has 0 bridgehead atoms. The van der Waals surface area contributed by atoms with E-state index in [9.17, 15) is 27.9 Å². The third-order valence-electron chi connectivity index (χ3n) is 7.45.